The fourth-order valence-corrected chi connectivity index (χ4v) is 2.00. The first kappa shape index (κ1) is 15.0. The van der Waals surface area contributed by atoms with Crippen LogP contribution in [0.3, 0.4) is 0 Å². The van der Waals surface area contributed by atoms with Gasteiger partial charge in [0.05, 0.1) is 6.10 Å². The third kappa shape index (κ3) is 4.06. The SMILES string of the molecule is CC(C)Oc1ccc(CNc2noc(-c3ccccc3)n2)cn1. The molecule has 0 amide bonds. The number of hydrogen-bond acceptors (Lipinski definition) is 6. The van der Waals surface area contributed by atoms with Crippen LogP contribution in [-0.4, -0.2) is 21.2 Å². The minimum atomic E-state index is 0.113. The van der Waals surface area contributed by atoms with Gasteiger partial charge in [-0.3, -0.25) is 0 Å². The van der Waals surface area contributed by atoms with Gasteiger partial charge in [0, 0.05) is 24.4 Å². The van der Waals surface area contributed by atoms with E-state index in [9.17, 15) is 0 Å². The van der Waals surface area contributed by atoms with Crippen molar-refractivity contribution in [2.24, 2.45) is 0 Å². The number of rotatable bonds is 6. The maximum Gasteiger partial charge on any atom is 0.264 e. The molecular weight excluding hydrogens is 292 g/mol. The average molecular weight is 310 g/mol. The third-order valence-corrected chi connectivity index (χ3v) is 3.05. The van der Waals surface area contributed by atoms with Crippen molar-refractivity contribution >= 4 is 5.95 Å². The maximum absolute atomic E-state index is 5.51. The number of nitrogens with one attached hydrogen (secondary N) is 1. The summed E-state index contributed by atoms with van der Waals surface area (Å²) in [6.45, 7) is 4.50. The lowest BCUT2D eigenvalue weighted by Crippen LogP contribution is -2.07. The minimum Gasteiger partial charge on any atom is -0.475 e. The first-order chi connectivity index (χ1) is 11.2. The van der Waals surface area contributed by atoms with Crippen LogP contribution in [0.5, 0.6) is 5.88 Å². The van der Waals surface area contributed by atoms with Gasteiger partial charge in [0.1, 0.15) is 0 Å². The Kier molecular flexibility index (Phi) is 4.52. The Morgan fingerprint density at radius 1 is 1.13 bits per heavy atom. The van der Waals surface area contributed by atoms with Gasteiger partial charge in [-0.2, -0.15) is 4.98 Å². The summed E-state index contributed by atoms with van der Waals surface area (Å²) in [6, 6.07) is 13.5. The van der Waals surface area contributed by atoms with E-state index in [2.05, 4.69) is 20.4 Å². The average Bonchev–Trinajstić information content (AvgIpc) is 3.04. The second-order valence-corrected chi connectivity index (χ2v) is 5.31. The van der Waals surface area contributed by atoms with E-state index in [0.717, 1.165) is 11.1 Å². The lowest BCUT2D eigenvalue weighted by Gasteiger charge is -2.08. The molecule has 0 saturated carbocycles. The highest BCUT2D eigenvalue weighted by Crippen LogP contribution is 2.18. The van der Waals surface area contributed by atoms with Gasteiger partial charge in [0.15, 0.2) is 0 Å². The van der Waals surface area contributed by atoms with Crippen LogP contribution >= 0.6 is 0 Å². The molecule has 23 heavy (non-hydrogen) atoms. The summed E-state index contributed by atoms with van der Waals surface area (Å²) in [5, 5.41) is 7.04. The van der Waals surface area contributed by atoms with Crippen LogP contribution in [0.15, 0.2) is 53.2 Å². The highest BCUT2D eigenvalue weighted by Gasteiger charge is 2.08. The Morgan fingerprint density at radius 3 is 2.65 bits per heavy atom. The summed E-state index contributed by atoms with van der Waals surface area (Å²) in [4.78, 5) is 8.58. The first-order valence-corrected chi connectivity index (χ1v) is 7.45. The van der Waals surface area contributed by atoms with Crippen LogP contribution in [-0.2, 0) is 6.54 Å². The summed E-state index contributed by atoms with van der Waals surface area (Å²) in [5.41, 5.74) is 1.90. The molecular formula is C17H18N4O2. The van der Waals surface area contributed by atoms with Gasteiger partial charge in [0.25, 0.3) is 11.8 Å². The number of hydrogen-bond donors (Lipinski definition) is 1. The summed E-state index contributed by atoms with van der Waals surface area (Å²) in [5.74, 6) is 1.56. The Labute approximate surface area is 134 Å². The third-order valence-electron chi connectivity index (χ3n) is 3.05. The number of pyridine rings is 1. The number of anilines is 1. The molecule has 0 aliphatic carbocycles. The van der Waals surface area contributed by atoms with Crippen LogP contribution in [0.1, 0.15) is 19.4 Å². The van der Waals surface area contributed by atoms with Crippen molar-refractivity contribution in [3.8, 4) is 17.3 Å². The Morgan fingerprint density at radius 2 is 1.96 bits per heavy atom. The van der Waals surface area contributed by atoms with Gasteiger partial charge in [0.2, 0.25) is 5.88 Å². The monoisotopic (exact) mass is 310 g/mol. The molecule has 118 valence electrons. The maximum atomic E-state index is 5.51. The van der Waals surface area contributed by atoms with Crippen LogP contribution < -0.4 is 10.1 Å². The van der Waals surface area contributed by atoms with Crippen molar-refractivity contribution in [1.82, 2.24) is 15.1 Å². The lowest BCUT2D eigenvalue weighted by atomic mass is 10.2. The zero-order valence-electron chi connectivity index (χ0n) is 13.1. The van der Waals surface area contributed by atoms with E-state index in [0.29, 0.717) is 24.3 Å². The molecule has 1 N–H and O–H groups in total. The van der Waals surface area contributed by atoms with E-state index in [4.69, 9.17) is 9.26 Å². The normalized spacial score (nSPS) is 10.7. The van der Waals surface area contributed by atoms with Crippen molar-refractivity contribution in [2.75, 3.05) is 5.32 Å². The molecule has 2 heterocycles. The summed E-state index contributed by atoms with van der Waals surface area (Å²) >= 11 is 0. The van der Waals surface area contributed by atoms with Crippen LogP contribution in [0, 0.1) is 0 Å². The molecule has 2 aromatic heterocycles. The molecule has 3 rings (SSSR count). The molecule has 0 aliphatic heterocycles. The molecule has 0 radical (unpaired) electrons. The molecule has 0 unspecified atom stereocenters. The summed E-state index contributed by atoms with van der Waals surface area (Å²) in [6.07, 6.45) is 1.88. The van der Waals surface area contributed by atoms with Gasteiger partial charge in [-0.1, -0.05) is 24.3 Å². The molecule has 6 nitrogen and oxygen atoms in total. The standard InChI is InChI=1S/C17H18N4O2/c1-12(2)22-15-9-8-13(10-18-15)11-19-17-20-16(23-21-17)14-6-4-3-5-7-14/h3-10,12H,11H2,1-2H3,(H,19,21). The van der Waals surface area contributed by atoms with Crippen molar-refractivity contribution < 1.29 is 9.26 Å². The first-order valence-electron chi connectivity index (χ1n) is 7.45. The Hall–Kier alpha value is -2.89. The summed E-state index contributed by atoms with van der Waals surface area (Å²) in [7, 11) is 0. The van der Waals surface area contributed by atoms with E-state index < -0.39 is 0 Å². The zero-order chi connectivity index (χ0) is 16.1. The second kappa shape index (κ2) is 6.91. The quantitative estimate of drug-likeness (QED) is 0.751. The van der Waals surface area contributed by atoms with Gasteiger partial charge in [-0.15, -0.1) is 0 Å². The fourth-order valence-electron chi connectivity index (χ4n) is 2.00. The number of ether oxygens (including phenoxy) is 1. The van der Waals surface area contributed by atoms with Gasteiger partial charge in [-0.25, -0.2) is 4.98 Å². The molecule has 0 spiro atoms. The van der Waals surface area contributed by atoms with Crippen molar-refractivity contribution in [3.05, 3.63) is 54.2 Å². The Balaban J connectivity index is 1.59. The van der Waals surface area contributed by atoms with Crippen molar-refractivity contribution in [2.45, 2.75) is 26.5 Å². The molecule has 0 bridgehead atoms. The second-order valence-electron chi connectivity index (χ2n) is 5.31. The van der Waals surface area contributed by atoms with E-state index >= 15 is 0 Å². The predicted octanol–water partition coefficient (Wildman–Crippen LogP) is 3.53. The molecule has 0 aliphatic rings. The van der Waals surface area contributed by atoms with E-state index in [1.807, 2.05) is 56.3 Å². The molecule has 3 aromatic rings. The van der Waals surface area contributed by atoms with Gasteiger partial charge >= 0.3 is 0 Å². The van der Waals surface area contributed by atoms with Crippen molar-refractivity contribution in [3.63, 3.8) is 0 Å². The molecule has 0 saturated heterocycles. The lowest BCUT2D eigenvalue weighted by molar-refractivity contribution is 0.232. The highest BCUT2D eigenvalue weighted by atomic mass is 16.5. The minimum absolute atomic E-state index is 0.113. The number of aromatic nitrogens is 3. The van der Waals surface area contributed by atoms with Crippen LogP contribution in [0.2, 0.25) is 0 Å². The molecule has 0 atom stereocenters. The van der Waals surface area contributed by atoms with Gasteiger partial charge in [-0.05, 0) is 36.7 Å². The van der Waals surface area contributed by atoms with E-state index in [-0.39, 0.29) is 6.10 Å². The van der Waals surface area contributed by atoms with Crippen molar-refractivity contribution in [1.29, 1.82) is 0 Å². The largest absolute Gasteiger partial charge is 0.475 e. The number of benzene rings is 1. The predicted molar refractivity (Wildman–Crippen MR) is 87.1 cm³/mol. The highest BCUT2D eigenvalue weighted by molar-refractivity contribution is 5.53. The van der Waals surface area contributed by atoms with E-state index in [1.165, 1.54) is 0 Å². The molecule has 0 fully saturated rings. The smallest absolute Gasteiger partial charge is 0.264 e. The van der Waals surface area contributed by atoms with Crippen LogP contribution in [0.4, 0.5) is 5.95 Å². The fraction of sp³-hybridized carbons (Fsp3) is 0.235. The summed E-state index contributed by atoms with van der Waals surface area (Å²) < 4.78 is 10.8. The topological polar surface area (TPSA) is 73.1 Å². The van der Waals surface area contributed by atoms with Gasteiger partial charge < -0.3 is 14.6 Å². The van der Waals surface area contributed by atoms with E-state index in [1.54, 1.807) is 6.20 Å². The zero-order valence-corrected chi connectivity index (χ0v) is 13.1. The van der Waals surface area contributed by atoms with Crippen LogP contribution in [0.25, 0.3) is 11.5 Å². The molecule has 1 aromatic carbocycles. The Bertz CT molecular complexity index is 739. The molecule has 6 heteroatoms. The number of nitrogens with zero attached hydrogens (tertiary/aromatic N) is 3.